The highest BCUT2D eigenvalue weighted by molar-refractivity contribution is 5.96. The van der Waals surface area contributed by atoms with Gasteiger partial charge in [-0.05, 0) is 31.0 Å². The Morgan fingerprint density at radius 1 is 1.46 bits per heavy atom. The maximum atomic E-state index is 12.3. The van der Waals surface area contributed by atoms with Gasteiger partial charge in [0.15, 0.2) is 6.61 Å². The second-order valence-corrected chi connectivity index (χ2v) is 5.31. The molecule has 10 heteroatoms. The molecule has 1 aliphatic heterocycles. The normalized spacial score (nSPS) is 20.3. The third kappa shape index (κ3) is 6.70. The Kier molecular flexibility index (Phi) is 9.39. The lowest BCUT2D eigenvalue weighted by Gasteiger charge is -2.30. The van der Waals surface area contributed by atoms with Crippen LogP contribution in [0, 0.1) is 5.92 Å². The summed E-state index contributed by atoms with van der Waals surface area (Å²) in [6.45, 7) is 2.06. The average molecular weight is 390 g/mol. The third-order valence-electron chi connectivity index (χ3n) is 3.53. The second-order valence-electron chi connectivity index (χ2n) is 5.31. The topological polar surface area (TPSA) is 63.2 Å². The summed E-state index contributed by atoms with van der Waals surface area (Å²) in [6, 6.07) is 2.81. The van der Waals surface area contributed by atoms with Crippen LogP contribution in [0.1, 0.15) is 23.7 Å². The zero-order chi connectivity index (χ0) is 16.2. The van der Waals surface area contributed by atoms with E-state index < -0.39 is 18.7 Å². The minimum Gasteiger partial charge on any atom is -0.467 e. The van der Waals surface area contributed by atoms with Crippen molar-refractivity contribution >= 4 is 30.7 Å². The van der Waals surface area contributed by atoms with Crippen LogP contribution in [-0.2, 0) is 0 Å². The summed E-state index contributed by atoms with van der Waals surface area (Å²) >= 11 is 0. The summed E-state index contributed by atoms with van der Waals surface area (Å²) < 4.78 is 41.3. The monoisotopic (exact) mass is 389 g/mol. The van der Waals surface area contributed by atoms with Gasteiger partial charge in [0.1, 0.15) is 5.56 Å². The number of halogens is 5. The Balaban J connectivity index is 0.00000264. The van der Waals surface area contributed by atoms with Crippen molar-refractivity contribution < 1.29 is 22.7 Å². The van der Waals surface area contributed by atoms with Crippen molar-refractivity contribution in [2.24, 2.45) is 5.92 Å². The van der Waals surface area contributed by atoms with Crippen LogP contribution in [0.4, 0.5) is 13.2 Å². The molecule has 2 unspecified atom stereocenters. The Labute approximate surface area is 150 Å². The summed E-state index contributed by atoms with van der Waals surface area (Å²) in [5.41, 5.74) is 0.00419. The zero-order valence-electron chi connectivity index (χ0n) is 12.9. The Bertz CT molecular complexity index is 532. The van der Waals surface area contributed by atoms with E-state index in [1.54, 1.807) is 0 Å². The minimum absolute atomic E-state index is 0. The lowest BCUT2D eigenvalue weighted by Crippen LogP contribution is -2.50. The van der Waals surface area contributed by atoms with Gasteiger partial charge in [-0.25, -0.2) is 4.98 Å². The van der Waals surface area contributed by atoms with E-state index in [9.17, 15) is 18.0 Å². The van der Waals surface area contributed by atoms with Crippen LogP contribution in [0.2, 0.25) is 0 Å². The summed E-state index contributed by atoms with van der Waals surface area (Å²) in [7, 11) is 0. The van der Waals surface area contributed by atoms with Gasteiger partial charge in [0.2, 0.25) is 5.88 Å². The molecule has 0 spiro atoms. The van der Waals surface area contributed by atoms with Crippen LogP contribution in [0.25, 0.3) is 0 Å². The third-order valence-corrected chi connectivity index (χ3v) is 3.53. The van der Waals surface area contributed by atoms with Gasteiger partial charge in [0, 0.05) is 18.8 Å². The molecular formula is C14H20Cl2F3N3O2. The number of amides is 1. The largest absolute Gasteiger partial charge is 0.467 e. The fourth-order valence-corrected chi connectivity index (χ4v) is 2.26. The molecule has 1 aliphatic rings. The molecule has 1 fully saturated rings. The predicted octanol–water partition coefficient (Wildman–Crippen LogP) is 2.59. The van der Waals surface area contributed by atoms with Crippen molar-refractivity contribution in [3.05, 3.63) is 23.9 Å². The number of aromatic nitrogens is 1. The molecule has 0 saturated carbocycles. The van der Waals surface area contributed by atoms with E-state index >= 15 is 0 Å². The van der Waals surface area contributed by atoms with Crippen LogP contribution in [-0.4, -0.2) is 42.8 Å². The lowest BCUT2D eigenvalue weighted by atomic mass is 9.94. The Morgan fingerprint density at radius 2 is 2.17 bits per heavy atom. The fraction of sp³-hybridized carbons (Fsp3) is 0.571. The van der Waals surface area contributed by atoms with Crippen LogP contribution >= 0.6 is 24.8 Å². The van der Waals surface area contributed by atoms with Crippen LogP contribution in [0.5, 0.6) is 5.88 Å². The van der Waals surface area contributed by atoms with Crippen LogP contribution < -0.4 is 15.4 Å². The van der Waals surface area contributed by atoms with E-state index in [0.717, 1.165) is 13.0 Å². The number of ether oxygens (including phenoxy) is 1. The summed E-state index contributed by atoms with van der Waals surface area (Å²) in [6.07, 6.45) is -2.27. The number of alkyl halides is 3. The van der Waals surface area contributed by atoms with Crippen molar-refractivity contribution in [2.45, 2.75) is 25.6 Å². The molecule has 0 aromatic carbocycles. The smallest absolute Gasteiger partial charge is 0.422 e. The van der Waals surface area contributed by atoms with E-state index in [1.165, 1.54) is 18.3 Å². The Morgan fingerprint density at radius 3 is 2.79 bits per heavy atom. The number of pyridine rings is 1. The Hall–Kier alpha value is -1.25. The van der Waals surface area contributed by atoms with Gasteiger partial charge in [0.25, 0.3) is 5.91 Å². The molecule has 1 aromatic heterocycles. The lowest BCUT2D eigenvalue weighted by molar-refractivity contribution is -0.154. The maximum absolute atomic E-state index is 12.3. The molecule has 5 nitrogen and oxygen atoms in total. The van der Waals surface area contributed by atoms with Gasteiger partial charge in [-0.15, -0.1) is 24.8 Å². The minimum atomic E-state index is -4.48. The quantitative estimate of drug-likeness (QED) is 0.830. The average Bonchev–Trinajstić information content (AvgIpc) is 2.47. The van der Waals surface area contributed by atoms with Crippen LogP contribution in [0.15, 0.2) is 18.3 Å². The second kappa shape index (κ2) is 9.90. The number of hydrogen-bond donors (Lipinski definition) is 2. The van der Waals surface area contributed by atoms with Crippen molar-refractivity contribution in [3.63, 3.8) is 0 Å². The molecular weight excluding hydrogens is 370 g/mol. The molecule has 1 aromatic rings. The van der Waals surface area contributed by atoms with Gasteiger partial charge in [-0.1, -0.05) is 6.92 Å². The van der Waals surface area contributed by atoms with E-state index in [2.05, 4.69) is 20.4 Å². The number of rotatable bonds is 4. The summed E-state index contributed by atoms with van der Waals surface area (Å²) in [4.78, 5) is 16.0. The van der Waals surface area contributed by atoms with Gasteiger partial charge >= 0.3 is 6.18 Å². The first-order valence-electron chi connectivity index (χ1n) is 7.03. The molecule has 24 heavy (non-hydrogen) atoms. The highest BCUT2D eigenvalue weighted by atomic mass is 35.5. The number of piperidine rings is 1. The number of hydrogen-bond acceptors (Lipinski definition) is 4. The maximum Gasteiger partial charge on any atom is 0.422 e. The predicted molar refractivity (Wildman–Crippen MR) is 88.2 cm³/mol. The number of nitrogens with one attached hydrogen (secondary N) is 2. The molecule has 2 heterocycles. The number of carbonyl (C=O) groups is 1. The van der Waals surface area contributed by atoms with E-state index in [0.29, 0.717) is 12.5 Å². The first-order chi connectivity index (χ1) is 10.4. The van der Waals surface area contributed by atoms with Crippen molar-refractivity contribution in [1.29, 1.82) is 0 Å². The van der Waals surface area contributed by atoms with E-state index in [1.807, 2.05) is 6.92 Å². The van der Waals surface area contributed by atoms with E-state index in [-0.39, 0.29) is 42.3 Å². The molecule has 0 bridgehead atoms. The first-order valence-corrected chi connectivity index (χ1v) is 7.03. The van der Waals surface area contributed by atoms with Gasteiger partial charge in [0.05, 0.1) is 0 Å². The highest BCUT2D eigenvalue weighted by Crippen LogP contribution is 2.20. The molecule has 2 rings (SSSR count). The first kappa shape index (κ1) is 22.8. The molecule has 0 aliphatic carbocycles. The highest BCUT2D eigenvalue weighted by Gasteiger charge is 2.30. The van der Waals surface area contributed by atoms with Crippen molar-refractivity contribution in [3.8, 4) is 5.88 Å². The number of nitrogens with zero attached hydrogens (tertiary/aromatic N) is 1. The summed E-state index contributed by atoms with van der Waals surface area (Å²) in [5, 5.41) is 5.99. The molecule has 2 N–H and O–H groups in total. The van der Waals surface area contributed by atoms with Crippen molar-refractivity contribution in [2.75, 3.05) is 19.7 Å². The van der Waals surface area contributed by atoms with Crippen molar-refractivity contribution in [1.82, 2.24) is 15.6 Å². The number of carbonyl (C=O) groups excluding carboxylic acids is 1. The fourth-order valence-electron chi connectivity index (χ4n) is 2.26. The molecule has 0 radical (unpaired) electrons. The van der Waals surface area contributed by atoms with Crippen LogP contribution in [0.3, 0.4) is 0 Å². The van der Waals surface area contributed by atoms with Gasteiger partial charge < -0.3 is 15.4 Å². The SMILES string of the molecule is CC1CCNCC1NC(=O)c1cccnc1OCC(F)(F)F.Cl.Cl. The standard InChI is InChI=1S/C14H18F3N3O2.2ClH/c1-9-4-6-18-7-11(9)20-12(21)10-3-2-5-19-13(10)22-8-14(15,16)17;;/h2-3,5,9,11,18H,4,6-8H2,1H3,(H,20,21);2*1H. The molecule has 1 amide bonds. The van der Waals surface area contributed by atoms with E-state index in [4.69, 9.17) is 0 Å². The zero-order valence-corrected chi connectivity index (χ0v) is 14.6. The molecule has 2 atom stereocenters. The molecule has 138 valence electrons. The van der Waals surface area contributed by atoms with Gasteiger partial charge in [-0.3, -0.25) is 4.79 Å². The summed E-state index contributed by atoms with van der Waals surface area (Å²) in [5.74, 6) is -0.499. The van der Waals surface area contributed by atoms with Gasteiger partial charge in [-0.2, -0.15) is 13.2 Å². The molecule has 1 saturated heterocycles.